The SMILES string of the molecule is CNCC1(c2cc(O)c(O)cc2Cl)CC1. The van der Waals surface area contributed by atoms with Gasteiger partial charge in [-0.2, -0.15) is 0 Å². The summed E-state index contributed by atoms with van der Waals surface area (Å²) in [5, 5.41) is 22.4. The Morgan fingerprint density at radius 2 is 1.93 bits per heavy atom. The molecule has 0 amide bonds. The minimum absolute atomic E-state index is 0.0526. The van der Waals surface area contributed by atoms with Crippen LogP contribution in [-0.2, 0) is 5.41 Å². The van der Waals surface area contributed by atoms with Crippen molar-refractivity contribution in [2.75, 3.05) is 13.6 Å². The topological polar surface area (TPSA) is 52.5 Å². The summed E-state index contributed by atoms with van der Waals surface area (Å²) in [6, 6.07) is 2.98. The molecule has 3 nitrogen and oxygen atoms in total. The number of nitrogens with one attached hydrogen (secondary N) is 1. The van der Waals surface area contributed by atoms with Crippen molar-refractivity contribution < 1.29 is 10.2 Å². The van der Waals surface area contributed by atoms with Gasteiger partial charge in [0.2, 0.25) is 0 Å². The lowest BCUT2D eigenvalue weighted by atomic mass is 9.95. The molecule has 0 atom stereocenters. The summed E-state index contributed by atoms with van der Waals surface area (Å²) in [6.45, 7) is 0.844. The summed E-state index contributed by atoms with van der Waals surface area (Å²) in [6.07, 6.45) is 2.13. The van der Waals surface area contributed by atoms with E-state index in [0.717, 1.165) is 24.9 Å². The summed E-state index contributed by atoms with van der Waals surface area (Å²) < 4.78 is 0. The lowest BCUT2D eigenvalue weighted by Gasteiger charge is -2.17. The van der Waals surface area contributed by atoms with Crippen LogP contribution in [-0.4, -0.2) is 23.8 Å². The van der Waals surface area contributed by atoms with E-state index in [4.69, 9.17) is 11.6 Å². The Hall–Kier alpha value is -0.930. The standard InChI is InChI=1S/C11H14ClNO2/c1-13-6-11(2-3-11)7-4-9(14)10(15)5-8(7)12/h4-5,13-15H,2-3,6H2,1H3. The van der Waals surface area contributed by atoms with Gasteiger partial charge in [0, 0.05) is 23.0 Å². The normalized spacial score (nSPS) is 17.7. The molecular formula is C11H14ClNO2. The molecule has 0 aromatic heterocycles. The third-order valence-corrected chi connectivity index (χ3v) is 3.32. The molecule has 4 heteroatoms. The molecule has 1 saturated carbocycles. The first-order valence-electron chi connectivity index (χ1n) is 4.96. The maximum Gasteiger partial charge on any atom is 0.158 e. The highest BCUT2D eigenvalue weighted by molar-refractivity contribution is 6.31. The Morgan fingerprint density at radius 1 is 1.33 bits per heavy atom. The molecule has 0 spiro atoms. The number of phenols is 2. The third kappa shape index (κ3) is 1.77. The minimum Gasteiger partial charge on any atom is -0.504 e. The monoisotopic (exact) mass is 227 g/mol. The number of aromatic hydroxyl groups is 2. The smallest absolute Gasteiger partial charge is 0.158 e. The quantitative estimate of drug-likeness (QED) is 0.693. The molecular weight excluding hydrogens is 214 g/mol. The first-order valence-corrected chi connectivity index (χ1v) is 5.33. The van der Waals surface area contributed by atoms with Gasteiger partial charge in [-0.15, -0.1) is 0 Å². The second-order valence-electron chi connectivity index (χ2n) is 4.13. The Morgan fingerprint density at radius 3 is 2.47 bits per heavy atom. The maximum atomic E-state index is 9.45. The van der Waals surface area contributed by atoms with Crippen LogP contribution >= 0.6 is 11.6 Å². The van der Waals surface area contributed by atoms with Crippen LogP contribution in [0.1, 0.15) is 18.4 Å². The molecule has 1 fully saturated rings. The fraction of sp³-hybridized carbons (Fsp3) is 0.455. The predicted octanol–water partition coefficient (Wildman–Crippen LogP) is 2.00. The number of hydrogen-bond donors (Lipinski definition) is 3. The van der Waals surface area contributed by atoms with Gasteiger partial charge in [-0.25, -0.2) is 0 Å². The van der Waals surface area contributed by atoms with Gasteiger partial charge in [-0.3, -0.25) is 0 Å². The zero-order valence-electron chi connectivity index (χ0n) is 8.55. The number of hydrogen-bond acceptors (Lipinski definition) is 3. The molecule has 3 N–H and O–H groups in total. The van der Waals surface area contributed by atoms with Gasteiger partial charge in [0.05, 0.1) is 0 Å². The van der Waals surface area contributed by atoms with Gasteiger partial charge in [-0.05, 0) is 31.5 Å². The summed E-state index contributed by atoms with van der Waals surface area (Å²) in [5.74, 6) is -0.263. The molecule has 15 heavy (non-hydrogen) atoms. The molecule has 0 aliphatic heterocycles. The number of halogens is 1. The first-order chi connectivity index (χ1) is 7.09. The van der Waals surface area contributed by atoms with Gasteiger partial charge >= 0.3 is 0 Å². The molecule has 0 saturated heterocycles. The lowest BCUT2D eigenvalue weighted by Crippen LogP contribution is -2.23. The van der Waals surface area contributed by atoms with E-state index in [0.29, 0.717) is 5.02 Å². The van der Waals surface area contributed by atoms with Crippen LogP contribution in [0.5, 0.6) is 11.5 Å². The van der Waals surface area contributed by atoms with E-state index in [1.807, 2.05) is 7.05 Å². The molecule has 1 aliphatic rings. The zero-order chi connectivity index (χ0) is 11.1. The average molecular weight is 228 g/mol. The highest BCUT2D eigenvalue weighted by atomic mass is 35.5. The van der Waals surface area contributed by atoms with Crippen LogP contribution in [0, 0.1) is 0 Å². The van der Waals surface area contributed by atoms with Crippen molar-refractivity contribution in [2.45, 2.75) is 18.3 Å². The van der Waals surface area contributed by atoms with Crippen molar-refractivity contribution in [1.82, 2.24) is 5.32 Å². The Labute approximate surface area is 93.7 Å². The van der Waals surface area contributed by atoms with Gasteiger partial charge in [0.25, 0.3) is 0 Å². The van der Waals surface area contributed by atoms with Crippen molar-refractivity contribution in [1.29, 1.82) is 0 Å². The zero-order valence-corrected chi connectivity index (χ0v) is 9.30. The summed E-state index contributed by atoms with van der Waals surface area (Å²) in [5.41, 5.74) is 0.977. The molecule has 1 aliphatic carbocycles. The van der Waals surface area contributed by atoms with Crippen LogP contribution in [0.4, 0.5) is 0 Å². The van der Waals surface area contributed by atoms with Crippen molar-refractivity contribution in [3.63, 3.8) is 0 Å². The van der Waals surface area contributed by atoms with Gasteiger partial charge in [-0.1, -0.05) is 11.6 Å². The molecule has 1 aromatic carbocycles. The van der Waals surface area contributed by atoms with E-state index in [2.05, 4.69) is 5.32 Å². The molecule has 0 heterocycles. The van der Waals surface area contributed by atoms with Crippen molar-refractivity contribution >= 4 is 11.6 Å². The van der Waals surface area contributed by atoms with Crippen LogP contribution < -0.4 is 5.32 Å². The van der Waals surface area contributed by atoms with Gasteiger partial charge < -0.3 is 15.5 Å². The number of phenolic OH excluding ortho intramolecular Hbond substituents is 2. The van der Waals surface area contributed by atoms with E-state index < -0.39 is 0 Å². The Kier molecular flexibility index (Phi) is 2.52. The van der Waals surface area contributed by atoms with Gasteiger partial charge in [0.1, 0.15) is 0 Å². The number of likely N-dealkylation sites (N-methyl/N-ethyl adjacent to an activating group) is 1. The van der Waals surface area contributed by atoms with Gasteiger partial charge in [0.15, 0.2) is 11.5 Å². The Balaban J connectivity index is 2.40. The second kappa shape index (κ2) is 3.58. The number of rotatable bonds is 3. The van der Waals surface area contributed by atoms with E-state index in [-0.39, 0.29) is 16.9 Å². The molecule has 2 rings (SSSR count). The highest BCUT2D eigenvalue weighted by Gasteiger charge is 2.45. The Bertz CT molecular complexity index is 388. The van der Waals surface area contributed by atoms with Crippen LogP contribution in [0.25, 0.3) is 0 Å². The number of benzene rings is 1. The first kappa shape index (κ1) is 10.6. The fourth-order valence-electron chi connectivity index (χ4n) is 1.99. The van der Waals surface area contributed by atoms with Crippen LogP contribution in [0.2, 0.25) is 5.02 Å². The summed E-state index contributed by atoms with van der Waals surface area (Å²) in [4.78, 5) is 0. The third-order valence-electron chi connectivity index (χ3n) is 3.00. The predicted molar refractivity (Wildman–Crippen MR) is 59.6 cm³/mol. The van der Waals surface area contributed by atoms with Crippen LogP contribution in [0.3, 0.4) is 0 Å². The van der Waals surface area contributed by atoms with E-state index in [9.17, 15) is 10.2 Å². The molecule has 0 radical (unpaired) electrons. The summed E-state index contributed by atoms with van der Waals surface area (Å²) >= 11 is 6.06. The molecule has 82 valence electrons. The molecule has 1 aromatic rings. The van der Waals surface area contributed by atoms with Crippen molar-refractivity contribution in [2.24, 2.45) is 0 Å². The fourth-order valence-corrected chi connectivity index (χ4v) is 2.35. The minimum atomic E-state index is -0.163. The molecule has 0 unspecified atom stereocenters. The summed E-state index contributed by atoms with van der Waals surface area (Å²) in [7, 11) is 1.90. The van der Waals surface area contributed by atoms with Crippen LogP contribution in [0.15, 0.2) is 12.1 Å². The largest absolute Gasteiger partial charge is 0.504 e. The highest BCUT2D eigenvalue weighted by Crippen LogP contribution is 2.51. The van der Waals surface area contributed by atoms with E-state index in [1.54, 1.807) is 6.07 Å². The molecule has 0 bridgehead atoms. The van der Waals surface area contributed by atoms with Crippen molar-refractivity contribution in [3.05, 3.63) is 22.7 Å². The lowest BCUT2D eigenvalue weighted by molar-refractivity contribution is 0.402. The van der Waals surface area contributed by atoms with E-state index >= 15 is 0 Å². The maximum absolute atomic E-state index is 9.45. The average Bonchev–Trinajstić information content (AvgIpc) is 2.93. The second-order valence-corrected chi connectivity index (χ2v) is 4.54. The van der Waals surface area contributed by atoms with Crippen molar-refractivity contribution in [3.8, 4) is 11.5 Å². The van der Waals surface area contributed by atoms with E-state index in [1.165, 1.54) is 6.07 Å².